The van der Waals surface area contributed by atoms with E-state index in [1.54, 1.807) is 0 Å². The molecule has 15 heavy (non-hydrogen) atoms. The highest BCUT2D eigenvalue weighted by atomic mass is 79.9. The van der Waals surface area contributed by atoms with Crippen molar-refractivity contribution >= 4 is 33.1 Å². The molecule has 0 N–H and O–H groups in total. The van der Waals surface area contributed by atoms with Gasteiger partial charge in [-0.15, -0.1) is 0 Å². The third-order valence-electron chi connectivity index (χ3n) is 2.56. The summed E-state index contributed by atoms with van der Waals surface area (Å²) in [6.45, 7) is 2.99. The fraction of sp³-hybridized carbons (Fsp3) is 0.250. The molecule has 0 radical (unpaired) electrons. The first kappa shape index (κ1) is 10.4. The van der Waals surface area contributed by atoms with Crippen LogP contribution in [0.5, 0.6) is 0 Å². The van der Waals surface area contributed by atoms with Gasteiger partial charge in [-0.2, -0.15) is 0 Å². The molecule has 0 aliphatic carbocycles. The molecule has 0 spiro atoms. The number of aldehydes is 1. The number of hydrogen-bond donors (Lipinski definition) is 0. The zero-order chi connectivity index (χ0) is 10.8. The number of benzene rings is 1. The largest absolute Gasteiger partial charge is 0.344 e. The van der Waals surface area contributed by atoms with Crippen molar-refractivity contribution in [2.24, 2.45) is 0 Å². The van der Waals surface area contributed by atoms with Crippen molar-refractivity contribution in [1.82, 2.24) is 4.57 Å². The molecule has 0 aliphatic heterocycles. The molecule has 0 aliphatic rings. The van der Waals surface area contributed by atoms with Crippen LogP contribution >= 0.6 is 15.9 Å². The molecule has 78 valence electrons. The minimum Gasteiger partial charge on any atom is -0.344 e. The number of rotatable bonds is 3. The fourth-order valence-corrected chi connectivity index (χ4v) is 2.31. The average molecular weight is 266 g/mol. The van der Waals surface area contributed by atoms with Gasteiger partial charge in [0.15, 0.2) is 0 Å². The van der Waals surface area contributed by atoms with Crippen molar-refractivity contribution in [1.29, 1.82) is 0 Å². The summed E-state index contributed by atoms with van der Waals surface area (Å²) < 4.78 is 3.25. The molecule has 2 aromatic rings. The van der Waals surface area contributed by atoms with Gasteiger partial charge in [0.2, 0.25) is 0 Å². The predicted molar refractivity (Wildman–Crippen MR) is 65.1 cm³/mol. The standard InChI is InChI=1S/C12H12BrNO/c1-2-14-11(5-6-15)8-9-7-10(13)3-4-12(9)14/h3-4,6-8H,2,5H2,1H3. The highest BCUT2D eigenvalue weighted by molar-refractivity contribution is 9.10. The van der Waals surface area contributed by atoms with Gasteiger partial charge in [-0.05, 0) is 31.2 Å². The van der Waals surface area contributed by atoms with Gasteiger partial charge in [0, 0.05) is 34.0 Å². The van der Waals surface area contributed by atoms with Gasteiger partial charge in [0.25, 0.3) is 0 Å². The smallest absolute Gasteiger partial charge is 0.125 e. The SMILES string of the molecule is CCn1c(CC=O)cc2cc(Br)ccc21. The van der Waals surface area contributed by atoms with E-state index in [-0.39, 0.29) is 0 Å². The summed E-state index contributed by atoms with van der Waals surface area (Å²) in [6.07, 6.45) is 1.44. The zero-order valence-electron chi connectivity index (χ0n) is 8.53. The maximum Gasteiger partial charge on any atom is 0.125 e. The monoisotopic (exact) mass is 265 g/mol. The first-order valence-corrected chi connectivity index (χ1v) is 5.77. The lowest BCUT2D eigenvalue weighted by molar-refractivity contribution is -0.107. The summed E-state index contributed by atoms with van der Waals surface area (Å²) in [7, 11) is 0. The van der Waals surface area contributed by atoms with Gasteiger partial charge in [-0.1, -0.05) is 15.9 Å². The zero-order valence-corrected chi connectivity index (χ0v) is 10.1. The molecule has 0 amide bonds. The average Bonchev–Trinajstić information content (AvgIpc) is 2.54. The van der Waals surface area contributed by atoms with E-state index in [1.165, 1.54) is 10.9 Å². The van der Waals surface area contributed by atoms with Crippen LogP contribution in [0, 0.1) is 0 Å². The Labute approximate surface area is 97.0 Å². The molecule has 0 fully saturated rings. The molecule has 0 saturated heterocycles. The molecular weight excluding hydrogens is 254 g/mol. The molecule has 0 unspecified atom stereocenters. The second kappa shape index (κ2) is 4.19. The molecule has 0 saturated carbocycles. The van der Waals surface area contributed by atoms with E-state index in [2.05, 4.69) is 45.6 Å². The normalized spacial score (nSPS) is 10.8. The van der Waals surface area contributed by atoms with Crippen LogP contribution in [-0.4, -0.2) is 10.9 Å². The number of halogens is 1. The number of carbonyl (C=O) groups is 1. The quantitative estimate of drug-likeness (QED) is 0.782. The van der Waals surface area contributed by atoms with E-state index in [0.29, 0.717) is 6.42 Å². The minimum absolute atomic E-state index is 0.486. The van der Waals surface area contributed by atoms with Gasteiger partial charge in [-0.3, -0.25) is 0 Å². The summed E-state index contributed by atoms with van der Waals surface area (Å²) in [5.41, 5.74) is 2.28. The third-order valence-corrected chi connectivity index (χ3v) is 3.05. The number of aryl methyl sites for hydroxylation is 1. The lowest BCUT2D eigenvalue weighted by atomic mass is 10.2. The van der Waals surface area contributed by atoms with E-state index in [0.717, 1.165) is 23.0 Å². The summed E-state index contributed by atoms with van der Waals surface area (Å²) in [5, 5.41) is 1.18. The number of aromatic nitrogens is 1. The number of hydrogen-bond acceptors (Lipinski definition) is 1. The summed E-state index contributed by atoms with van der Waals surface area (Å²) >= 11 is 3.45. The highest BCUT2D eigenvalue weighted by Gasteiger charge is 2.06. The second-order valence-electron chi connectivity index (χ2n) is 3.45. The number of nitrogens with zero attached hydrogens (tertiary/aromatic N) is 1. The number of carbonyl (C=O) groups excluding carboxylic acids is 1. The minimum atomic E-state index is 0.486. The molecule has 2 rings (SSSR count). The maximum atomic E-state index is 10.6. The lowest BCUT2D eigenvalue weighted by Gasteiger charge is -2.04. The Kier molecular flexibility index (Phi) is 2.91. The molecule has 1 aromatic heterocycles. The Morgan fingerprint density at radius 3 is 2.87 bits per heavy atom. The van der Waals surface area contributed by atoms with Crippen LogP contribution in [0.1, 0.15) is 12.6 Å². The first-order valence-electron chi connectivity index (χ1n) is 4.97. The summed E-state index contributed by atoms with van der Waals surface area (Å²) in [5.74, 6) is 0. The molecule has 1 aromatic carbocycles. The molecule has 0 bridgehead atoms. The van der Waals surface area contributed by atoms with Crippen LogP contribution in [0.15, 0.2) is 28.7 Å². The van der Waals surface area contributed by atoms with Crippen molar-refractivity contribution in [2.45, 2.75) is 19.9 Å². The van der Waals surface area contributed by atoms with Crippen molar-refractivity contribution in [3.8, 4) is 0 Å². The third kappa shape index (κ3) is 1.84. The predicted octanol–water partition coefficient (Wildman–Crippen LogP) is 3.17. The van der Waals surface area contributed by atoms with Gasteiger partial charge in [0.05, 0.1) is 0 Å². The molecule has 3 heteroatoms. The van der Waals surface area contributed by atoms with Crippen LogP contribution in [0.3, 0.4) is 0 Å². The van der Waals surface area contributed by atoms with Gasteiger partial charge < -0.3 is 9.36 Å². The van der Waals surface area contributed by atoms with Gasteiger partial charge in [-0.25, -0.2) is 0 Å². The maximum absolute atomic E-state index is 10.6. The van der Waals surface area contributed by atoms with Gasteiger partial charge in [0.1, 0.15) is 6.29 Å². The molecule has 0 atom stereocenters. The molecule has 2 nitrogen and oxygen atoms in total. The van der Waals surface area contributed by atoms with E-state index < -0.39 is 0 Å². The van der Waals surface area contributed by atoms with Gasteiger partial charge >= 0.3 is 0 Å². The van der Waals surface area contributed by atoms with Crippen LogP contribution in [0.25, 0.3) is 10.9 Å². The highest BCUT2D eigenvalue weighted by Crippen LogP contribution is 2.23. The van der Waals surface area contributed by atoms with E-state index in [1.807, 2.05) is 6.07 Å². The molecule has 1 heterocycles. The van der Waals surface area contributed by atoms with E-state index in [9.17, 15) is 4.79 Å². The Balaban J connectivity index is 2.66. The van der Waals surface area contributed by atoms with E-state index >= 15 is 0 Å². The first-order chi connectivity index (χ1) is 7.26. The van der Waals surface area contributed by atoms with Crippen LogP contribution < -0.4 is 0 Å². The molecular formula is C12H12BrNO. The Morgan fingerprint density at radius 1 is 1.40 bits per heavy atom. The van der Waals surface area contributed by atoms with Crippen LogP contribution in [0.2, 0.25) is 0 Å². The van der Waals surface area contributed by atoms with Crippen molar-refractivity contribution in [2.75, 3.05) is 0 Å². The van der Waals surface area contributed by atoms with E-state index in [4.69, 9.17) is 0 Å². The second-order valence-corrected chi connectivity index (χ2v) is 4.37. The van der Waals surface area contributed by atoms with Crippen LogP contribution in [0.4, 0.5) is 0 Å². The Bertz CT molecular complexity index is 502. The summed E-state index contributed by atoms with van der Waals surface area (Å²) in [4.78, 5) is 10.6. The van der Waals surface area contributed by atoms with Crippen molar-refractivity contribution in [3.63, 3.8) is 0 Å². The Morgan fingerprint density at radius 2 is 2.20 bits per heavy atom. The van der Waals surface area contributed by atoms with Crippen molar-refractivity contribution < 1.29 is 4.79 Å². The fourth-order valence-electron chi connectivity index (χ4n) is 1.93. The summed E-state index contributed by atoms with van der Waals surface area (Å²) in [6, 6.07) is 8.27. The topological polar surface area (TPSA) is 22.0 Å². The number of fused-ring (bicyclic) bond motifs is 1. The van der Waals surface area contributed by atoms with Crippen LogP contribution in [-0.2, 0) is 17.8 Å². The van der Waals surface area contributed by atoms with Crippen molar-refractivity contribution in [3.05, 3.63) is 34.4 Å². The Hall–Kier alpha value is -1.09. The lowest BCUT2D eigenvalue weighted by Crippen LogP contribution is -2.00.